The van der Waals surface area contributed by atoms with Crippen LogP contribution in [0.4, 0.5) is 10.7 Å². The van der Waals surface area contributed by atoms with Gasteiger partial charge in [0.1, 0.15) is 9.67 Å². The Labute approximate surface area is 149 Å². The van der Waals surface area contributed by atoms with Crippen molar-refractivity contribution in [3.8, 4) is 0 Å². The third kappa shape index (κ3) is 4.24. The van der Waals surface area contributed by atoms with Crippen molar-refractivity contribution in [2.75, 3.05) is 18.9 Å². The van der Waals surface area contributed by atoms with E-state index in [9.17, 15) is 9.59 Å². The standard InChI is InChI=1S/C18H20N2O4S/c1-4-23-17(21)13-11(3)14(18(22)24-5-2)16(25-15(13)19)20-12-9-7-6-8-10-12/h6-10H,4-5,19H2,1-3H3. The molecule has 6 nitrogen and oxygen atoms in total. The third-order valence-electron chi connectivity index (χ3n) is 3.36. The van der Waals surface area contributed by atoms with Gasteiger partial charge >= 0.3 is 11.9 Å². The molecular formula is C18H20N2O4S. The molecule has 0 unspecified atom stereocenters. The molecule has 0 saturated carbocycles. The van der Waals surface area contributed by atoms with Gasteiger partial charge in [-0.2, -0.15) is 0 Å². The lowest BCUT2D eigenvalue weighted by atomic mass is 10.1. The van der Waals surface area contributed by atoms with Gasteiger partial charge in [-0.15, -0.1) is 0 Å². The summed E-state index contributed by atoms with van der Waals surface area (Å²) in [5.41, 5.74) is 7.55. The number of anilines is 1. The Balaban J connectivity index is 2.73. The second-order valence-corrected chi connectivity index (χ2v) is 6.07. The summed E-state index contributed by atoms with van der Waals surface area (Å²) in [6, 6.07) is 9.19. The Morgan fingerprint density at radius 1 is 1.04 bits per heavy atom. The Morgan fingerprint density at radius 3 is 2.16 bits per heavy atom. The van der Waals surface area contributed by atoms with Crippen molar-refractivity contribution in [1.29, 1.82) is 0 Å². The average molecular weight is 360 g/mol. The summed E-state index contributed by atoms with van der Waals surface area (Å²) in [6.07, 6.45) is 0. The minimum Gasteiger partial charge on any atom is -0.462 e. The van der Waals surface area contributed by atoms with Crippen LogP contribution in [0.5, 0.6) is 0 Å². The quantitative estimate of drug-likeness (QED) is 0.827. The highest BCUT2D eigenvalue weighted by molar-refractivity contribution is 7.13. The predicted octanol–water partition coefficient (Wildman–Crippen LogP) is 3.22. The predicted molar refractivity (Wildman–Crippen MR) is 97.0 cm³/mol. The average Bonchev–Trinajstić information content (AvgIpc) is 2.56. The first-order valence-corrected chi connectivity index (χ1v) is 8.68. The van der Waals surface area contributed by atoms with Crippen molar-refractivity contribution in [2.24, 2.45) is 4.99 Å². The highest BCUT2D eigenvalue weighted by atomic mass is 32.1. The number of benzene rings is 1. The molecule has 2 rings (SSSR count). The molecule has 0 fully saturated rings. The third-order valence-corrected chi connectivity index (χ3v) is 4.28. The second-order valence-electron chi connectivity index (χ2n) is 5.03. The van der Waals surface area contributed by atoms with Crippen molar-refractivity contribution < 1.29 is 19.1 Å². The van der Waals surface area contributed by atoms with Gasteiger partial charge in [0, 0.05) is 0 Å². The number of nitrogen functional groups attached to an aromatic ring is 1. The molecule has 0 aliphatic heterocycles. The zero-order valence-electron chi connectivity index (χ0n) is 14.4. The number of carbonyl (C=O) groups excluding carboxylic acids is 2. The van der Waals surface area contributed by atoms with Crippen LogP contribution in [0.3, 0.4) is 0 Å². The zero-order chi connectivity index (χ0) is 18.4. The Hall–Kier alpha value is -2.67. The van der Waals surface area contributed by atoms with E-state index < -0.39 is 11.9 Å². The summed E-state index contributed by atoms with van der Waals surface area (Å²) in [7, 11) is 0. The largest absolute Gasteiger partial charge is 0.462 e. The molecule has 2 aromatic rings. The number of rotatable bonds is 5. The van der Waals surface area contributed by atoms with Gasteiger partial charge in [-0.1, -0.05) is 29.5 Å². The smallest absolute Gasteiger partial charge is 0.341 e. The van der Waals surface area contributed by atoms with Gasteiger partial charge in [-0.3, -0.25) is 0 Å². The minimum absolute atomic E-state index is 0.182. The molecule has 2 N–H and O–H groups in total. The topological polar surface area (TPSA) is 91.0 Å². The van der Waals surface area contributed by atoms with Crippen LogP contribution >= 0.6 is 11.3 Å². The summed E-state index contributed by atoms with van der Waals surface area (Å²) < 4.78 is 10.6. The molecule has 132 valence electrons. The van der Waals surface area contributed by atoms with Crippen molar-refractivity contribution >= 4 is 34.0 Å². The first kappa shape index (κ1) is 18.7. The molecule has 0 aliphatic rings. The second kappa shape index (κ2) is 8.43. The van der Waals surface area contributed by atoms with E-state index in [-0.39, 0.29) is 29.3 Å². The van der Waals surface area contributed by atoms with Crippen LogP contribution in [0, 0.1) is 6.92 Å². The van der Waals surface area contributed by atoms with Crippen LogP contribution in [0.2, 0.25) is 0 Å². The van der Waals surface area contributed by atoms with E-state index in [1.807, 2.05) is 30.3 Å². The fourth-order valence-electron chi connectivity index (χ4n) is 2.28. The van der Waals surface area contributed by atoms with Crippen molar-refractivity contribution in [3.05, 3.63) is 51.7 Å². The number of carbonyl (C=O) groups is 2. The summed E-state index contributed by atoms with van der Waals surface area (Å²) in [5, 5.41) is 0.249. The first-order valence-electron chi connectivity index (χ1n) is 7.86. The van der Waals surface area contributed by atoms with Gasteiger partial charge in [0.25, 0.3) is 0 Å². The van der Waals surface area contributed by atoms with E-state index in [2.05, 4.69) is 4.99 Å². The Kier molecular flexibility index (Phi) is 6.30. The fraction of sp³-hybridized carbons (Fsp3) is 0.278. The molecule has 7 heteroatoms. The monoisotopic (exact) mass is 360 g/mol. The number of esters is 2. The van der Waals surface area contributed by atoms with Crippen LogP contribution in [0.25, 0.3) is 0 Å². The first-order chi connectivity index (χ1) is 12.0. The van der Waals surface area contributed by atoms with E-state index >= 15 is 0 Å². The molecule has 0 radical (unpaired) electrons. The minimum atomic E-state index is -0.564. The Bertz CT molecular complexity index is 844. The molecule has 0 spiro atoms. The summed E-state index contributed by atoms with van der Waals surface area (Å²) >= 11 is 1.06. The van der Waals surface area contributed by atoms with Gasteiger partial charge in [0.2, 0.25) is 0 Å². The Morgan fingerprint density at radius 2 is 1.60 bits per heavy atom. The van der Waals surface area contributed by atoms with E-state index in [0.717, 1.165) is 11.3 Å². The maximum atomic E-state index is 12.5. The van der Waals surface area contributed by atoms with Crippen molar-refractivity contribution in [3.63, 3.8) is 0 Å². The number of para-hydroxylation sites is 1. The normalized spacial score (nSPS) is 11.2. The zero-order valence-corrected chi connectivity index (χ0v) is 15.2. The van der Waals surface area contributed by atoms with Crippen LogP contribution in [-0.4, -0.2) is 25.2 Å². The maximum Gasteiger partial charge on any atom is 0.341 e. The number of nitrogens with two attached hydrogens (primary N) is 1. The number of ether oxygens (including phenoxy) is 2. The molecular weight excluding hydrogens is 340 g/mol. The lowest BCUT2D eigenvalue weighted by Crippen LogP contribution is -2.22. The van der Waals surface area contributed by atoms with Crippen LogP contribution in [0.15, 0.2) is 35.3 Å². The van der Waals surface area contributed by atoms with Gasteiger partial charge < -0.3 is 15.2 Å². The van der Waals surface area contributed by atoms with Crippen molar-refractivity contribution in [1.82, 2.24) is 0 Å². The summed E-state index contributed by atoms with van der Waals surface area (Å²) in [4.78, 5) is 29.2. The molecule has 1 aromatic carbocycles. The van der Waals surface area contributed by atoms with Crippen LogP contribution in [0.1, 0.15) is 40.1 Å². The molecule has 25 heavy (non-hydrogen) atoms. The van der Waals surface area contributed by atoms with Gasteiger partial charge in [0.05, 0.1) is 30.0 Å². The van der Waals surface area contributed by atoms with E-state index in [1.165, 1.54) is 0 Å². The maximum absolute atomic E-state index is 12.5. The molecule has 0 bridgehead atoms. The number of nitrogens with zero attached hydrogens (tertiary/aromatic N) is 1. The number of hydrogen-bond donors (Lipinski definition) is 1. The van der Waals surface area contributed by atoms with Gasteiger partial charge in [0.15, 0.2) is 0 Å². The molecule has 0 atom stereocenters. The van der Waals surface area contributed by atoms with Gasteiger partial charge in [-0.05, 0) is 38.5 Å². The van der Waals surface area contributed by atoms with E-state index in [0.29, 0.717) is 15.9 Å². The molecule has 1 aromatic heterocycles. The lowest BCUT2D eigenvalue weighted by Gasteiger charge is -2.12. The SMILES string of the molecule is CCOC(=O)c1c(N)sc(=Nc2ccccc2)c(C(=O)OCC)c1C. The molecule has 0 aliphatic carbocycles. The van der Waals surface area contributed by atoms with Crippen molar-refractivity contribution in [2.45, 2.75) is 20.8 Å². The van der Waals surface area contributed by atoms with E-state index in [4.69, 9.17) is 15.2 Å². The lowest BCUT2D eigenvalue weighted by molar-refractivity contribution is 0.0523. The fourth-order valence-corrected chi connectivity index (χ4v) is 3.31. The highest BCUT2D eigenvalue weighted by Gasteiger charge is 2.24. The van der Waals surface area contributed by atoms with Crippen LogP contribution in [-0.2, 0) is 9.47 Å². The molecule has 1 heterocycles. The molecule has 0 saturated heterocycles. The van der Waals surface area contributed by atoms with Crippen LogP contribution < -0.4 is 10.4 Å². The summed E-state index contributed by atoms with van der Waals surface area (Å²) in [6.45, 7) is 5.50. The number of hydrogen-bond acceptors (Lipinski definition) is 7. The summed E-state index contributed by atoms with van der Waals surface area (Å²) in [5.74, 6) is -1.11. The molecule has 0 amide bonds. The van der Waals surface area contributed by atoms with Gasteiger partial charge in [-0.25, -0.2) is 14.6 Å². The van der Waals surface area contributed by atoms with E-state index in [1.54, 1.807) is 20.8 Å². The highest BCUT2D eigenvalue weighted by Crippen LogP contribution is 2.24.